The molecule has 0 unspecified atom stereocenters. The van der Waals surface area contributed by atoms with E-state index in [0.29, 0.717) is 23.6 Å². The Kier molecular flexibility index (Phi) is 9.09. The first kappa shape index (κ1) is 30.3. The fourth-order valence-electron chi connectivity index (χ4n) is 5.40. The first-order chi connectivity index (χ1) is 20.0. The Bertz CT molecular complexity index is 1610. The lowest BCUT2D eigenvalue weighted by Crippen LogP contribution is -2.32. The van der Waals surface area contributed by atoms with Gasteiger partial charge in [-0.25, -0.2) is 9.78 Å². The Morgan fingerprint density at radius 2 is 1.81 bits per heavy atom. The molecule has 5 rings (SSSR count). The van der Waals surface area contributed by atoms with Gasteiger partial charge in [-0.15, -0.1) is 0 Å². The van der Waals surface area contributed by atoms with Crippen molar-refractivity contribution in [1.82, 2.24) is 4.98 Å². The Balaban J connectivity index is 1.38. The number of fused-ring (bicyclic) bond motifs is 1. The average Bonchev–Trinajstić information content (AvgIpc) is 3.76. The summed E-state index contributed by atoms with van der Waals surface area (Å²) in [6.45, 7) is 3.61. The molecule has 7 heteroatoms. The number of hydrogen-bond acceptors (Lipinski definition) is 5. The van der Waals surface area contributed by atoms with Gasteiger partial charge in [0.1, 0.15) is 0 Å². The molecule has 2 atom stereocenters. The highest BCUT2D eigenvalue weighted by molar-refractivity contribution is 7.99. The molecule has 218 valence electrons. The van der Waals surface area contributed by atoms with Crippen molar-refractivity contribution in [2.45, 2.75) is 56.5 Å². The quantitative estimate of drug-likeness (QED) is 0.153. The van der Waals surface area contributed by atoms with Crippen LogP contribution in [0.1, 0.15) is 66.3 Å². The number of aryl methyl sites for hydroxylation is 1. The van der Waals surface area contributed by atoms with Crippen molar-refractivity contribution in [3.05, 3.63) is 112 Å². The van der Waals surface area contributed by atoms with E-state index < -0.39 is 23.1 Å². The minimum atomic E-state index is -1.35. The minimum absolute atomic E-state index is 0.0765. The minimum Gasteiger partial charge on any atom is -0.479 e. The Hall–Kier alpha value is -3.16. The van der Waals surface area contributed by atoms with E-state index in [-0.39, 0.29) is 5.25 Å². The molecule has 1 saturated carbocycles. The number of aromatic nitrogens is 1. The third-order valence-electron chi connectivity index (χ3n) is 8.04. The molecule has 42 heavy (non-hydrogen) atoms. The van der Waals surface area contributed by atoms with Gasteiger partial charge in [0.2, 0.25) is 0 Å². The van der Waals surface area contributed by atoms with Crippen LogP contribution in [-0.2, 0) is 16.8 Å². The summed E-state index contributed by atoms with van der Waals surface area (Å²) in [6.07, 6.45) is 5.68. The zero-order valence-electron chi connectivity index (χ0n) is 23.8. The molecule has 0 radical (unpaired) electrons. The van der Waals surface area contributed by atoms with Crippen LogP contribution in [0, 0.1) is 5.41 Å². The lowest BCUT2D eigenvalue weighted by atomic mass is 9.90. The van der Waals surface area contributed by atoms with Gasteiger partial charge in [0.15, 0.2) is 6.10 Å². The fourth-order valence-corrected chi connectivity index (χ4v) is 7.17. The zero-order valence-corrected chi connectivity index (χ0v) is 25.4. The zero-order chi connectivity index (χ0) is 29.9. The van der Waals surface area contributed by atoms with E-state index >= 15 is 0 Å². The van der Waals surface area contributed by atoms with Crippen molar-refractivity contribution in [2.75, 3.05) is 5.75 Å². The topological polar surface area (TPSA) is 90.7 Å². The maximum Gasteiger partial charge on any atom is 0.333 e. The number of nitrogens with zero attached hydrogens (tertiary/aromatic N) is 1. The Morgan fingerprint density at radius 3 is 2.55 bits per heavy atom. The summed E-state index contributed by atoms with van der Waals surface area (Å²) >= 11 is 7.88. The molecule has 1 aliphatic rings. The van der Waals surface area contributed by atoms with Gasteiger partial charge in [-0.2, -0.15) is 11.8 Å². The molecular weight excluding hydrogens is 566 g/mol. The van der Waals surface area contributed by atoms with E-state index in [4.69, 9.17) is 16.6 Å². The summed E-state index contributed by atoms with van der Waals surface area (Å²) in [4.78, 5) is 16.3. The third-order valence-corrected chi connectivity index (χ3v) is 9.92. The Morgan fingerprint density at radius 1 is 1.05 bits per heavy atom. The number of thioether (sulfide) groups is 1. The summed E-state index contributed by atoms with van der Waals surface area (Å²) in [6, 6.07) is 26.1. The molecular formula is C35H36ClNO4S. The maximum absolute atomic E-state index is 11.6. The molecule has 0 spiro atoms. The van der Waals surface area contributed by atoms with Gasteiger partial charge in [-0.05, 0) is 86.1 Å². The first-order valence-electron chi connectivity index (χ1n) is 14.2. The second-order valence-corrected chi connectivity index (χ2v) is 13.4. The predicted molar refractivity (Wildman–Crippen MR) is 173 cm³/mol. The van der Waals surface area contributed by atoms with Crippen molar-refractivity contribution in [3.63, 3.8) is 0 Å². The van der Waals surface area contributed by atoms with Crippen molar-refractivity contribution in [3.8, 4) is 0 Å². The fraction of sp³-hybridized carbons (Fsp3) is 0.314. The Labute approximate surface area is 256 Å². The normalized spacial score (nSPS) is 16.0. The van der Waals surface area contributed by atoms with Crippen LogP contribution in [0.2, 0.25) is 5.02 Å². The molecule has 1 fully saturated rings. The maximum atomic E-state index is 11.6. The van der Waals surface area contributed by atoms with Crippen LogP contribution >= 0.6 is 23.4 Å². The number of carboxylic acids is 1. The molecule has 0 saturated heterocycles. The predicted octanol–water partition coefficient (Wildman–Crippen LogP) is 7.92. The van der Waals surface area contributed by atoms with Gasteiger partial charge < -0.3 is 15.3 Å². The number of benzene rings is 3. The summed E-state index contributed by atoms with van der Waals surface area (Å²) in [5.41, 5.74) is 4.35. The van der Waals surface area contributed by atoms with Gasteiger partial charge in [-0.1, -0.05) is 78.3 Å². The molecule has 1 aromatic heterocycles. The largest absolute Gasteiger partial charge is 0.479 e. The molecule has 1 aliphatic carbocycles. The molecule has 1 heterocycles. The molecule has 5 nitrogen and oxygen atoms in total. The number of carbonyl (C=O) groups is 1. The highest BCUT2D eigenvalue weighted by Crippen LogP contribution is 2.53. The van der Waals surface area contributed by atoms with Crippen molar-refractivity contribution in [2.24, 2.45) is 5.41 Å². The van der Waals surface area contributed by atoms with Crippen LogP contribution < -0.4 is 0 Å². The van der Waals surface area contributed by atoms with Crippen LogP contribution in [0.25, 0.3) is 23.1 Å². The summed E-state index contributed by atoms with van der Waals surface area (Å²) in [7, 11) is 0. The van der Waals surface area contributed by atoms with Crippen LogP contribution in [0.4, 0.5) is 0 Å². The molecule has 0 bridgehead atoms. The summed E-state index contributed by atoms with van der Waals surface area (Å²) in [5, 5.41) is 32.3. The van der Waals surface area contributed by atoms with Crippen molar-refractivity contribution in [1.29, 1.82) is 0 Å². The summed E-state index contributed by atoms with van der Waals surface area (Å²) in [5.74, 6) is -0.581. The smallest absolute Gasteiger partial charge is 0.333 e. The van der Waals surface area contributed by atoms with Crippen LogP contribution in [-0.4, -0.2) is 38.1 Å². The summed E-state index contributed by atoms with van der Waals surface area (Å²) < 4.78 is 0. The number of pyridine rings is 1. The van der Waals surface area contributed by atoms with Gasteiger partial charge in [0, 0.05) is 26.8 Å². The highest BCUT2D eigenvalue weighted by atomic mass is 35.5. The number of carboxylic acid groups (broad SMARTS) is 1. The number of aliphatic hydroxyl groups is 2. The standard InChI is InChI=1S/C35H36ClNO4S/c1-34(2,41)29-9-4-3-7-24(29)13-17-31(42-22-35(18-19-35)32(38)33(39)40)26-8-5-6-23(20-26)10-15-28-16-12-25-11-14-27(36)21-30(25)37-28/h3-12,14-16,20-21,31-32,38,41H,13,17-19,22H2,1-2H3,(H,39,40)/b15-10+/t31-,32-/m1/s1. The number of halogens is 1. The van der Waals surface area contributed by atoms with Crippen LogP contribution in [0.3, 0.4) is 0 Å². The van der Waals surface area contributed by atoms with E-state index in [2.05, 4.69) is 24.3 Å². The van der Waals surface area contributed by atoms with Gasteiger partial charge >= 0.3 is 5.97 Å². The molecule has 4 aromatic rings. The lowest BCUT2D eigenvalue weighted by molar-refractivity contribution is -0.150. The van der Waals surface area contributed by atoms with E-state index in [1.54, 1.807) is 25.6 Å². The van der Waals surface area contributed by atoms with E-state index in [0.717, 1.165) is 51.7 Å². The van der Waals surface area contributed by atoms with E-state index in [1.807, 2.05) is 66.7 Å². The number of aliphatic hydroxyl groups excluding tert-OH is 1. The van der Waals surface area contributed by atoms with Gasteiger partial charge in [-0.3, -0.25) is 0 Å². The van der Waals surface area contributed by atoms with Gasteiger partial charge in [0.25, 0.3) is 0 Å². The third kappa shape index (κ3) is 7.24. The van der Waals surface area contributed by atoms with E-state index in [1.165, 1.54) is 0 Å². The average molecular weight is 602 g/mol. The molecule has 0 aliphatic heterocycles. The van der Waals surface area contributed by atoms with Gasteiger partial charge in [0.05, 0.1) is 16.8 Å². The van der Waals surface area contributed by atoms with E-state index in [9.17, 15) is 20.1 Å². The monoisotopic (exact) mass is 601 g/mol. The second kappa shape index (κ2) is 12.6. The van der Waals surface area contributed by atoms with Crippen LogP contribution in [0.15, 0.2) is 78.9 Å². The van der Waals surface area contributed by atoms with Crippen LogP contribution in [0.5, 0.6) is 0 Å². The number of aliphatic carboxylic acids is 1. The first-order valence-corrected chi connectivity index (χ1v) is 15.6. The lowest BCUT2D eigenvalue weighted by Gasteiger charge is -2.25. The highest BCUT2D eigenvalue weighted by Gasteiger charge is 2.52. The SMILES string of the molecule is CC(C)(O)c1ccccc1CC[C@@H](SCC1([C@H](O)C(=O)O)CC1)c1cccc(/C=C/c2ccc3ccc(Cl)cc3n2)c1. The molecule has 3 N–H and O–H groups in total. The number of rotatable bonds is 12. The molecule has 3 aromatic carbocycles. The number of hydrogen-bond donors (Lipinski definition) is 3. The van der Waals surface area contributed by atoms with Crippen molar-refractivity contribution >= 4 is 52.4 Å². The molecule has 0 amide bonds. The van der Waals surface area contributed by atoms with Crippen molar-refractivity contribution < 1.29 is 20.1 Å². The second-order valence-electron chi connectivity index (χ2n) is 11.7.